The van der Waals surface area contributed by atoms with Gasteiger partial charge in [-0.1, -0.05) is 11.6 Å². The van der Waals surface area contributed by atoms with Crippen molar-refractivity contribution in [2.24, 2.45) is 5.73 Å². The lowest BCUT2D eigenvalue weighted by atomic mass is 10.2. The maximum absolute atomic E-state index is 12.3. The molecule has 0 aliphatic heterocycles. The molecule has 0 bridgehead atoms. The monoisotopic (exact) mass is 207 g/mol. The Balaban J connectivity index is 3.22. The molecule has 0 fully saturated rings. The van der Waals surface area contributed by atoms with Crippen molar-refractivity contribution in [2.75, 3.05) is 5.73 Å². The Kier molecular flexibility index (Phi) is 3.00. The maximum atomic E-state index is 12.3. The van der Waals surface area contributed by atoms with Crippen molar-refractivity contribution < 1.29 is 8.78 Å². The lowest BCUT2D eigenvalue weighted by molar-refractivity contribution is 0.152. The van der Waals surface area contributed by atoms with Gasteiger partial charge in [-0.15, -0.1) is 0 Å². The van der Waals surface area contributed by atoms with Crippen LogP contribution in [0.15, 0.2) is 6.07 Å². The fraction of sp³-hybridized carbons (Fsp3) is 0.286. The summed E-state index contributed by atoms with van der Waals surface area (Å²) < 4.78 is 24.5. The third-order valence-corrected chi connectivity index (χ3v) is 1.89. The van der Waals surface area contributed by atoms with Gasteiger partial charge in [0.2, 0.25) is 0 Å². The van der Waals surface area contributed by atoms with Crippen LogP contribution in [0.25, 0.3) is 0 Å². The number of hydrogen-bond donors (Lipinski definition) is 2. The Hall–Kier alpha value is -0.940. The van der Waals surface area contributed by atoms with Gasteiger partial charge in [-0.3, -0.25) is 0 Å². The van der Waals surface area contributed by atoms with Crippen molar-refractivity contribution in [3.63, 3.8) is 0 Å². The molecule has 1 aromatic rings. The third-order valence-electron chi connectivity index (χ3n) is 1.56. The number of anilines is 1. The molecule has 13 heavy (non-hydrogen) atoms. The number of nitrogens with zero attached hydrogens (tertiary/aromatic N) is 1. The second-order valence-corrected chi connectivity index (χ2v) is 2.78. The van der Waals surface area contributed by atoms with Crippen LogP contribution in [0.5, 0.6) is 0 Å². The zero-order valence-corrected chi connectivity index (χ0v) is 7.35. The van der Waals surface area contributed by atoms with Gasteiger partial charge in [0.1, 0.15) is 11.0 Å². The van der Waals surface area contributed by atoms with E-state index in [2.05, 4.69) is 4.98 Å². The number of nitrogens with two attached hydrogens (primary N) is 2. The predicted molar refractivity (Wildman–Crippen MR) is 46.5 cm³/mol. The van der Waals surface area contributed by atoms with Crippen LogP contribution in [0.4, 0.5) is 14.6 Å². The average molecular weight is 208 g/mol. The molecular formula is C7H8ClF2N3. The number of halogens is 3. The molecule has 6 heteroatoms. The maximum Gasteiger partial charge on any atom is 0.267 e. The van der Waals surface area contributed by atoms with Crippen LogP contribution < -0.4 is 11.5 Å². The summed E-state index contributed by atoms with van der Waals surface area (Å²) in [4.78, 5) is 3.55. The van der Waals surface area contributed by atoms with Crippen molar-refractivity contribution in [3.05, 3.63) is 22.3 Å². The molecule has 0 radical (unpaired) electrons. The zero-order valence-electron chi connectivity index (χ0n) is 6.60. The molecule has 0 aliphatic rings. The summed E-state index contributed by atoms with van der Waals surface area (Å²) in [7, 11) is 0. The Labute approximate surface area is 78.7 Å². The summed E-state index contributed by atoms with van der Waals surface area (Å²) >= 11 is 5.59. The molecule has 0 saturated heterocycles. The normalized spacial score (nSPS) is 10.8. The smallest absolute Gasteiger partial charge is 0.267 e. The summed E-state index contributed by atoms with van der Waals surface area (Å²) in [6.07, 6.45) is -2.66. The van der Waals surface area contributed by atoms with E-state index in [-0.39, 0.29) is 23.1 Å². The van der Waals surface area contributed by atoms with Crippen molar-refractivity contribution in [2.45, 2.75) is 13.0 Å². The molecule has 0 unspecified atom stereocenters. The quantitative estimate of drug-likeness (QED) is 0.726. The molecule has 1 heterocycles. The van der Waals surface area contributed by atoms with Crippen molar-refractivity contribution >= 4 is 17.4 Å². The van der Waals surface area contributed by atoms with Gasteiger partial charge >= 0.3 is 0 Å². The van der Waals surface area contributed by atoms with Gasteiger partial charge in [0.25, 0.3) is 6.43 Å². The van der Waals surface area contributed by atoms with E-state index in [1.807, 2.05) is 0 Å². The average Bonchev–Trinajstić information content (AvgIpc) is 2.03. The first-order valence-electron chi connectivity index (χ1n) is 3.49. The van der Waals surface area contributed by atoms with Gasteiger partial charge in [0.15, 0.2) is 0 Å². The van der Waals surface area contributed by atoms with Crippen LogP contribution >= 0.6 is 11.6 Å². The number of rotatable bonds is 2. The molecule has 1 aromatic heterocycles. The first-order valence-corrected chi connectivity index (χ1v) is 3.87. The molecule has 0 atom stereocenters. The molecular weight excluding hydrogens is 200 g/mol. The number of aromatic nitrogens is 1. The summed E-state index contributed by atoms with van der Waals surface area (Å²) in [5.74, 6) is -0.253. The second-order valence-electron chi connectivity index (χ2n) is 2.42. The first-order chi connectivity index (χ1) is 6.06. The highest BCUT2D eigenvalue weighted by Gasteiger charge is 2.15. The summed E-state index contributed by atoms with van der Waals surface area (Å²) in [6, 6.07) is 1.18. The summed E-state index contributed by atoms with van der Waals surface area (Å²) in [6.45, 7) is 0.0613. The van der Waals surface area contributed by atoms with Gasteiger partial charge in [-0.05, 0) is 6.07 Å². The van der Waals surface area contributed by atoms with Crippen molar-refractivity contribution in [3.8, 4) is 0 Å². The Morgan fingerprint density at radius 3 is 2.62 bits per heavy atom. The minimum atomic E-state index is -2.66. The fourth-order valence-electron chi connectivity index (χ4n) is 0.881. The molecule has 1 rings (SSSR count). The van der Waals surface area contributed by atoms with E-state index in [4.69, 9.17) is 23.1 Å². The highest BCUT2D eigenvalue weighted by molar-refractivity contribution is 6.30. The molecule has 0 aliphatic carbocycles. The van der Waals surface area contributed by atoms with Crippen LogP contribution in [0, 0.1) is 0 Å². The van der Waals surface area contributed by atoms with Crippen LogP contribution in [-0.2, 0) is 6.54 Å². The topological polar surface area (TPSA) is 64.9 Å². The van der Waals surface area contributed by atoms with E-state index < -0.39 is 6.43 Å². The highest BCUT2D eigenvalue weighted by atomic mass is 35.5. The number of pyridine rings is 1. The van der Waals surface area contributed by atoms with E-state index in [1.54, 1.807) is 0 Å². The first kappa shape index (κ1) is 10.1. The molecule has 0 aromatic carbocycles. The lowest BCUT2D eigenvalue weighted by Crippen LogP contribution is -2.04. The van der Waals surface area contributed by atoms with E-state index >= 15 is 0 Å². The summed E-state index contributed by atoms with van der Waals surface area (Å²) in [5.41, 5.74) is 10.5. The van der Waals surface area contributed by atoms with E-state index in [9.17, 15) is 8.78 Å². The molecule has 0 amide bonds. The highest BCUT2D eigenvalue weighted by Crippen LogP contribution is 2.27. The number of alkyl halides is 2. The predicted octanol–water partition coefficient (Wildman–Crippen LogP) is 1.71. The van der Waals surface area contributed by atoms with Gasteiger partial charge in [0.05, 0.1) is 5.56 Å². The third kappa shape index (κ3) is 2.05. The standard InChI is InChI=1S/C7H8ClF2N3/c8-5-3(2-11)1-4(6(9)10)7(12)13-5/h1,6H,2,11H2,(H2,12,13). The number of hydrogen-bond acceptors (Lipinski definition) is 3. The van der Waals surface area contributed by atoms with Gasteiger partial charge in [-0.25, -0.2) is 13.8 Å². The van der Waals surface area contributed by atoms with E-state index in [0.29, 0.717) is 5.56 Å². The summed E-state index contributed by atoms with van der Waals surface area (Å²) in [5, 5.41) is 0.0735. The largest absolute Gasteiger partial charge is 0.383 e. The zero-order chi connectivity index (χ0) is 10.0. The Morgan fingerprint density at radius 1 is 1.54 bits per heavy atom. The Morgan fingerprint density at radius 2 is 2.15 bits per heavy atom. The minimum Gasteiger partial charge on any atom is -0.383 e. The van der Waals surface area contributed by atoms with Crippen molar-refractivity contribution in [1.29, 1.82) is 0 Å². The van der Waals surface area contributed by atoms with E-state index in [0.717, 1.165) is 0 Å². The van der Waals surface area contributed by atoms with Crippen LogP contribution in [0.2, 0.25) is 5.15 Å². The van der Waals surface area contributed by atoms with Crippen LogP contribution in [0.3, 0.4) is 0 Å². The van der Waals surface area contributed by atoms with E-state index in [1.165, 1.54) is 6.07 Å². The number of nitrogen functional groups attached to an aromatic ring is 1. The van der Waals surface area contributed by atoms with Gasteiger partial charge < -0.3 is 11.5 Å². The van der Waals surface area contributed by atoms with Crippen LogP contribution in [0.1, 0.15) is 17.6 Å². The van der Waals surface area contributed by atoms with Crippen molar-refractivity contribution in [1.82, 2.24) is 4.98 Å². The molecule has 4 N–H and O–H groups in total. The molecule has 72 valence electrons. The minimum absolute atomic E-state index is 0.0613. The van der Waals surface area contributed by atoms with Gasteiger partial charge in [0, 0.05) is 12.1 Å². The molecule has 0 saturated carbocycles. The fourth-order valence-corrected chi connectivity index (χ4v) is 1.10. The second kappa shape index (κ2) is 3.85. The molecule has 0 spiro atoms. The van der Waals surface area contributed by atoms with Crippen LogP contribution in [-0.4, -0.2) is 4.98 Å². The molecule has 3 nitrogen and oxygen atoms in total. The van der Waals surface area contributed by atoms with Gasteiger partial charge in [-0.2, -0.15) is 0 Å². The SMILES string of the molecule is NCc1cc(C(F)F)c(N)nc1Cl. The Bertz CT molecular complexity index is 317. The lowest BCUT2D eigenvalue weighted by Gasteiger charge is -2.07.